The van der Waals surface area contributed by atoms with Crippen LogP contribution in [0.15, 0.2) is 23.5 Å². The Balaban J connectivity index is 1.72. The standard InChI is InChI=1S/C16H23NO4/c1-12-10-14(21-16(12)19)7-3-4-8-17-9-5-6-13(17)11-15(18)20-2/h7,10,13H,3-6,8-9,11H2,1-2H3/b14-7+/t13-/m0/s1. The molecule has 0 spiro atoms. The maximum atomic E-state index is 11.4. The van der Waals surface area contributed by atoms with Crippen LogP contribution in [0.1, 0.15) is 39.0 Å². The second-order valence-electron chi connectivity index (χ2n) is 5.58. The third-order valence-corrected chi connectivity index (χ3v) is 4.02. The summed E-state index contributed by atoms with van der Waals surface area (Å²) >= 11 is 0. The molecule has 0 aromatic rings. The molecule has 0 bridgehead atoms. The molecule has 0 aliphatic carbocycles. The minimum absolute atomic E-state index is 0.132. The summed E-state index contributed by atoms with van der Waals surface area (Å²) in [7, 11) is 1.44. The fraction of sp³-hybridized carbons (Fsp3) is 0.625. The van der Waals surface area contributed by atoms with Crippen LogP contribution in [0.2, 0.25) is 0 Å². The van der Waals surface area contributed by atoms with Crippen LogP contribution in [0.3, 0.4) is 0 Å². The summed E-state index contributed by atoms with van der Waals surface area (Å²) < 4.78 is 9.83. The Bertz CT molecular complexity index is 467. The lowest BCUT2D eigenvalue weighted by atomic mass is 10.1. The second-order valence-corrected chi connectivity index (χ2v) is 5.58. The highest BCUT2D eigenvalue weighted by Gasteiger charge is 2.26. The zero-order valence-corrected chi connectivity index (χ0v) is 12.8. The van der Waals surface area contributed by atoms with Crippen molar-refractivity contribution in [3.05, 3.63) is 23.5 Å². The molecule has 0 N–H and O–H groups in total. The summed E-state index contributed by atoms with van der Waals surface area (Å²) in [5.41, 5.74) is 0.652. The molecule has 0 radical (unpaired) electrons. The predicted molar refractivity (Wildman–Crippen MR) is 78.4 cm³/mol. The SMILES string of the molecule is COC(=O)C[C@@H]1CCCN1CCC/C=C1\C=C(C)C(=O)O1. The van der Waals surface area contributed by atoms with Crippen LogP contribution in [0.25, 0.3) is 0 Å². The molecule has 0 unspecified atom stereocenters. The minimum Gasteiger partial charge on any atom is -0.469 e. The van der Waals surface area contributed by atoms with Crippen molar-refractivity contribution in [3.8, 4) is 0 Å². The van der Waals surface area contributed by atoms with Gasteiger partial charge in [0.05, 0.1) is 13.5 Å². The van der Waals surface area contributed by atoms with Gasteiger partial charge < -0.3 is 9.47 Å². The van der Waals surface area contributed by atoms with Gasteiger partial charge in [0, 0.05) is 11.6 Å². The van der Waals surface area contributed by atoms with E-state index in [1.165, 1.54) is 7.11 Å². The smallest absolute Gasteiger partial charge is 0.339 e. The van der Waals surface area contributed by atoms with Gasteiger partial charge in [-0.2, -0.15) is 0 Å². The van der Waals surface area contributed by atoms with Crippen LogP contribution in [-0.2, 0) is 19.1 Å². The predicted octanol–water partition coefficient (Wildman–Crippen LogP) is 2.18. The number of likely N-dealkylation sites (tertiary alicyclic amines) is 1. The van der Waals surface area contributed by atoms with Crippen LogP contribution in [0.5, 0.6) is 0 Å². The fourth-order valence-corrected chi connectivity index (χ4v) is 2.83. The summed E-state index contributed by atoms with van der Waals surface area (Å²) in [6.45, 7) is 3.76. The van der Waals surface area contributed by atoms with Gasteiger partial charge in [0.25, 0.3) is 0 Å². The molecule has 1 saturated heterocycles. The molecule has 0 amide bonds. The van der Waals surface area contributed by atoms with E-state index in [2.05, 4.69) is 4.90 Å². The highest BCUT2D eigenvalue weighted by atomic mass is 16.5. The summed E-state index contributed by atoms with van der Waals surface area (Å²) in [5, 5.41) is 0. The second kappa shape index (κ2) is 7.41. The van der Waals surface area contributed by atoms with Crippen molar-refractivity contribution in [2.75, 3.05) is 20.2 Å². The van der Waals surface area contributed by atoms with E-state index in [1.54, 1.807) is 13.0 Å². The molecule has 0 aromatic heterocycles. The van der Waals surface area contributed by atoms with E-state index in [0.29, 0.717) is 23.8 Å². The molecule has 1 fully saturated rings. The van der Waals surface area contributed by atoms with Crippen LogP contribution in [-0.4, -0.2) is 43.1 Å². The first-order valence-corrected chi connectivity index (χ1v) is 7.51. The fourth-order valence-electron chi connectivity index (χ4n) is 2.83. The van der Waals surface area contributed by atoms with Gasteiger partial charge in [-0.25, -0.2) is 4.79 Å². The number of cyclic esters (lactones) is 1. The Hall–Kier alpha value is -1.62. The molecule has 0 aromatic carbocycles. The largest absolute Gasteiger partial charge is 0.469 e. The number of allylic oxidation sites excluding steroid dienone is 2. The zero-order valence-electron chi connectivity index (χ0n) is 12.8. The Morgan fingerprint density at radius 2 is 2.38 bits per heavy atom. The number of carbonyl (C=O) groups excluding carboxylic acids is 2. The summed E-state index contributed by atoms with van der Waals surface area (Å²) in [5.74, 6) is 0.275. The van der Waals surface area contributed by atoms with Crippen molar-refractivity contribution >= 4 is 11.9 Å². The van der Waals surface area contributed by atoms with E-state index < -0.39 is 0 Å². The van der Waals surface area contributed by atoms with E-state index in [9.17, 15) is 9.59 Å². The maximum Gasteiger partial charge on any atom is 0.339 e. The average molecular weight is 293 g/mol. The number of carbonyl (C=O) groups is 2. The van der Waals surface area contributed by atoms with Gasteiger partial charge in [-0.1, -0.05) is 0 Å². The highest BCUT2D eigenvalue weighted by Crippen LogP contribution is 2.21. The van der Waals surface area contributed by atoms with Gasteiger partial charge in [0.2, 0.25) is 0 Å². The van der Waals surface area contributed by atoms with Crippen molar-refractivity contribution in [2.24, 2.45) is 0 Å². The van der Waals surface area contributed by atoms with Gasteiger partial charge in [0.1, 0.15) is 5.76 Å². The van der Waals surface area contributed by atoms with Crippen LogP contribution >= 0.6 is 0 Å². The molecule has 5 nitrogen and oxygen atoms in total. The first-order chi connectivity index (χ1) is 10.1. The molecule has 116 valence electrons. The van der Waals surface area contributed by atoms with Crippen molar-refractivity contribution in [2.45, 2.75) is 45.1 Å². The number of esters is 2. The van der Waals surface area contributed by atoms with Crippen LogP contribution in [0, 0.1) is 0 Å². The Morgan fingerprint density at radius 1 is 1.57 bits per heavy atom. The lowest BCUT2D eigenvalue weighted by Gasteiger charge is -2.23. The van der Waals surface area contributed by atoms with Crippen LogP contribution in [0.4, 0.5) is 0 Å². The number of nitrogens with zero attached hydrogens (tertiary/aromatic N) is 1. The lowest BCUT2D eigenvalue weighted by molar-refractivity contribution is -0.141. The first-order valence-electron chi connectivity index (χ1n) is 7.51. The van der Waals surface area contributed by atoms with Gasteiger partial charge in [0.15, 0.2) is 0 Å². The van der Waals surface area contributed by atoms with E-state index in [-0.39, 0.29) is 11.9 Å². The minimum atomic E-state index is -0.251. The molecular formula is C16H23NO4. The van der Waals surface area contributed by atoms with E-state index in [1.807, 2.05) is 6.08 Å². The molecule has 2 aliphatic rings. The first kappa shape index (κ1) is 15.8. The molecule has 1 atom stereocenters. The maximum absolute atomic E-state index is 11.4. The van der Waals surface area contributed by atoms with Crippen LogP contribution < -0.4 is 0 Å². The average Bonchev–Trinajstić information content (AvgIpc) is 3.02. The molecule has 2 aliphatic heterocycles. The molecule has 2 rings (SSSR count). The quantitative estimate of drug-likeness (QED) is 0.555. The monoisotopic (exact) mass is 293 g/mol. The third kappa shape index (κ3) is 4.43. The van der Waals surface area contributed by atoms with Crippen molar-refractivity contribution in [1.82, 2.24) is 4.90 Å². The van der Waals surface area contributed by atoms with E-state index in [4.69, 9.17) is 9.47 Å². The molecule has 21 heavy (non-hydrogen) atoms. The normalized spacial score (nSPS) is 24.3. The number of ether oxygens (including phenoxy) is 2. The number of unbranched alkanes of at least 4 members (excludes halogenated alkanes) is 1. The topological polar surface area (TPSA) is 55.8 Å². The van der Waals surface area contributed by atoms with Crippen molar-refractivity contribution in [3.63, 3.8) is 0 Å². The summed E-state index contributed by atoms with van der Waals surface area (Å²) in [6.07, 6.45) is 8.28. The van der Waals surface area contributed by atoms with Gasteiger partial charge in [-0.15, -0.1) is 0 Å². The van der Waals surface area contributed by atoms with Gasteiger partial charge in [-0.05, 0) is 57.8 Å². The summed E-state index contributed by atoms with van der Waals surface area (Å²) in [4.78, 5) is 24.9. The molecule has 0 saturated carbocycles. The number of hydrogen-bond acceptors (Lipinski definition) is 5. The number of hydrogen-bond donors (Lipinski definition) is 0. The molecule has 2 heterocycles. The Kier molecular flexibility index (Phi) is 5.56. The number of methoxy groups -OCH3 is 1. The van der Waals surface area contributed by atoms with E-state index in [0.717, 1.165) is 38.8 Å². The Morgan fingerprint density at radius 3 is 3.05 bits per heavy atom. The van der Waals surface area contributed by atoms with Crippen molar-refractivity contribution in [1.29, 1.82) is 0 Å². The molecular weight excluding hydrogens is 270 g/mol. The summed E-state index contributed by atoms with van der Waals surface area (Å²) in [6, 6.07) is 0.316. The highest BCUT2D eigenvalue weighted by molar-refractivity contribution is 5.92. The Labute approximate surface area is 125 Å². The van der Waals surface area contributed by atoms with E-state index >= 15 is 0 Å². The lowest BCUT2D eigenvalue weighted by Crippen LogP contribution is -2.32. The number of rotatable bonds is 6. The zero-order chi connectivity index (χ0) is 15.2. The third-order valence-electron chi connectivity index (χ3n) is 4.02. The van der Waals surface area contributed by atoms with Gasteiger partial charge >= 0.3 is 11.9 Å². The van der Waals surface area contributed by atoms with Crippen molar-refractivity contribution < 1.29 is 19.1 Å². The molecule has 5 heteroatoms. The van der Waals surface area contributed by atoms with Gasteiger partial charge in [-0.3, -0.25) is 9.69 Å².